The Morgan fingerprint density at radius 1 is 0.224 bits per heavy atom. The Morgan fingerprint density at radius 2 is 0.612 bits per heavy atom. The largest absolute Gasteiger partial charge is 0.310 e. The van der Waals surface area contributed by atoms with E-state index in [2.05, 4.69) is 275 Å². The summed E-state index contributed by atoms with van der Waals surface area (Å²) >= 11 is 0. The molecule has 67 heavy (non-hydrogen) atoms. The van der Waals surface area contributed by atoms with Gasteiger partial charge in [0.05, 0.1) is 11.0 Å². The smallest absolute Gasteiger partial charge is 0.0547 e. The zero-order valence-electron chi connectivity index (χ0n) is 36.7. The molecule has 13 aromatic rings. The first-order valence-electron chi connectivity index (χ1n) is 23.0. The van der Waals surface area contributed by atoms with Crippen LogP contribution >= 0.6 is 0 Å². The molecule has 1 heterocycles. The monoisotopic (exact) mass is 853 g/mol. The number of hydrogen-bond acceptors (Lipinski definition) is 2. The van der Waals surface area contributed by atoms with Gasteiger partial charge in [-0.15, -0.1) is 0 Å². The molecular weight excluding hydrogens is 811 g/mol. The fourth-order valence-corrected chi connectivity index (χ4v) is 10.2. The van der Waals surface area contributed by atoms with Gasteiger partial charge in [-0.3, -0.25) is 0 Å². The average molecular weight is 854 g/mol. The van der Waals surface area contributed by atoms with E-state index in [-0.39, 0.29) is 0 Å². The fourth-order valence-electron chi connectivity index (χ4n) is 10.2. The highest BCUT2D eigenvalue weighted by atomic mass is 15.2. The van der Waals surface area contributed by atoms with Crippen molar-refractivity contribution in [2.75, 3.05) is 9.80 Å². The van der Waals surface area contributed by atoms with Gasteiger partial charge in [0, 0.05) is 50.6 Å². The van der Waals surface area contributed by atoms with E-state index in [0.717, 1.165) is 50.9 Å². The summed E-state index contributed by atoms with van der Waals surface area (Å²) in [7, 11) is 0. The van der Waals surface area contributed by atoms with Crippen LogP contribution in [0.2, 0.25) is 0 Å². The molecule has 314 valence electrons. The first-order valence-corrected chi connectivity index (χ1v) is 23.0. The van der Waals surface area contributed by atoms with Gasteiger partial charge >= 0.3 is 0 Å². The first-order chi connectivity index (χ1) is 33.2. The normalized spacial score (nSPS) is 11.6. The van der Waals surface area contributed by atoms with Crippen LogP contribution in [-0.2, 0) is 0 Å². The third kappa shape index (κ3) is 6.84. The third-order valence-electron chi connectivity index (χ3n) is 13.4. The molecule has 3 heteroatoms. The lowest BCUT2D eigenvalue weighted by atomic mass is 9.99. The van der Waals surface area contributed by atoms with Gasteiger partial charge < -0.3 is 14.4 Å². The maximum atomic E-state index is 2.43. The number of para-hydroxylation sites is 2. The maximum absolute atomic E-state index is 2.43. The number of nitrogens with zero attached hydrogens (tertiary/aromatic N) is 3. The lowest BCUT2D eigenvalue weighted by Gasteiger charge is -2.31. The summed E-state index contributed by atoms with van der Waals surface area (Å²) in [5, 5.41) is 12.1. The lowest BCUT2D eigenvalue weighted by molar-refractivity contribution is 1.18. The molecule has 0 aliphatic carbocycles. The van der Waals surface area contributed by atoms with E-state index in [9.17, 15) is 0 Å². The van der Waals surface area contributed by atoms with Crippen molar-refractivity contribution in [1.82, 2.24) is 4.57 Å². The van der Waals surface area contributed by atoms with Crippen LogP contribution in [0.1, 0.15) is 0 Å². The fraction of sp³-hybridized carbons (Fsp3) is 0. The SMILES string of the molecule is c1ccc(-n2c3ccccc3c3ccc(-c4cc(N(c5ccc6ccccc6c5)c5ccc6ccccc6c5)cc(N(c5ccc6ccccc6c5)c5ccc6ccccc6c5)c4)cc32)cc1. The van der Waals surface area contributed by atoms with Crippen LogP contribution in [0.25, 0.3) is 81.7 Å². The van der Waals surface area contributed by atoms with Gasteiger partial charge in [-0.1, -0.05) is 170 Å². The van der Waals surface area contributed by atoms with Gasteiger partial charge in [-0.25, -0.2) is 0 Å². The molecular formula is C64H43N3. The summed E-state index contributed by atoms with van der Waals surface area (Å²) < 4.78 is 2.41. The maximum Gasteiger partial charge on any atom is 0.0547 e. The summed E-state index contributed by atoms with van der Waals surface area (Å²) in [4.78, 5) is 4.87. The zero-order valence-corrected chi connectivity index (χ0v) is 36.7. The molecule has 13 rings (SSSR count). The second-order valence-corrected chi connectivity index (χ2v) is 17.5. The number of hydrogen-bond donors (Lipinski definition) is 0. The summed E-state index contributed by atoms with van der Waals surface area (Å²) in [6.45, 7) is 0. The lowest BCUT2D eigenvalue weighted by Crippen LogP contribution is -2.14. The highest BCUT2D eigenvalue weighted by Crippen LogP contribution is 2.46. The molecule has 0 aliphatic rings. The third-order valence-corrected chi connectivity index (χ3v) is 13.4. The van der Waals surface area contributed by atoms with Crippen molar-refractivity contribution in [1.29, 1.82) is 0 Å². The molecule has 3 nitrogen and oxygen atoms in total. The van der Waals surface area contributed by atoms with Crippen LogP contribution in [0.5, 0.6) is 0 Å². The van der Waals surface area contributed by atoms with E-state index in [4.69, 9.17) is 0 Å². The van der Waals surface area contributed by atoms with Crippen LogP contribution in [0.15, 0.2) is 261 Å². The van der Waals surface area contributed by atoms with E-state index >= 15 is 0 Å². The first kappa shape index (κ1) is 38.5. The van der Waals surface area contributed by atoms with E-state index in [1.54, 1.807) is 0 Å². The van der Waals surface area contributed by atoms with Gasteiger partial charge in [0.2, 0.25) is 0 Å². The summed E-state index contributed by atoms with van der Waals surface area (Å²) in [5.74, 6) is 0. The highest BCUT2D eigenvalue weighted by molar-refractivity contribution is 6.10. The molecule has 0 saturated heterocycles. The molecule has 0 bridgehead atoms. The molecule has 0 saturated carbocycles. The van der Waals surface area contributed by atoms with Gasteiger partial charge in [-0.2, -0.15) is 0 Å². The predicted molar refractivity (Wildman–Crippen MR) is 286 cm³/mol. The topological polar surface area (TPSA) is 11.4 Å². The zero-order chi connectivity index (χ0) is 44.3. The molecule has 0 fully saturated rings. The number of fused-ring (bicyclic) bond motifs is 7. The minimum atomic E-state index is 1.05. The van der Waals surface area contributed by atoms with Crippen molar-refractivity contribution in [2.24, 2.45) is 0 Å². The van der Waals surface area contributed by atoms with E-state index < -0.39 is 0 Å². The quantitative estimate of drug-likeness (QED) is 0.151. The van der Waals surface area contributed by atoms with Crippen molar-refractivity contribution < 1.29 is 0 Å². The Bertz CT molecular complexity index is 3680. The van der Waals surface area contributed by atoms with Crippen molar-refractivity contribution in [2.45, 2.75) is 0 Å². The number of benzene rings is 12. The Kier molecular flexibility index (Phi) is 9.17. The Hall–Kier alpha value is -8.92. The molecule has 12 aromatic carbocycles. The second kappa shape index (κ2) is 16.0. The second-order valence-electron chi connectivity index (χ2n) is 17.5. The Labute approximate surface area is 389 Å². The van der Waals surface area contributed by atoms with Gasteiger partial charge in [0.25, 0.3) is 0 Å². The minimum absolute atomic E-state index is 1.05. The van der Waals surface area contributed by atoms with Crippen molar-refractivity contribution in [3.63, 3.8) is 0 Å². The van der Waals surface area contributed by atoms with Crippen LogP contribution < -0.4 is 9.80 Å². The van der Waals surface area contributed by atoms with E-state index in [1.165, 1.54) is 64.9 Å². The predicted octanol–water partition coefficient (Wildman–Crippen LogP) is 18.0. The molecule has 1 aromatic heterocycles. The van der Waals surface area contributed by atoms with Crippen LogP contribution in [-0.4, -0.2) is 4.57 Å². The highest BCUT2D eigenvalue weighted by Gasteiger charge is 2.22. The summed E-state index contributed by atoms with van der Waals surface area (Å²) in [6, 6.07) is 95.5. The van der Waals surface area contributed by atoms with E-state index in [1.807, 2.05) is 0 Å². The molecule has 0 unspecified atom stereocenters. The van der Waals surface area contributed by atoms with Crippen molar-refractivity contribution in [3.8, 4) is 16.8 Å². The summed E-state index contributed by atoms with van der Waals surface area (Å²) in [5.41, 5.74) is 12.2. The van der Waals surface area contributed by atoms with Crippen LogP contribution in [0.3, 0.4) is 0 Å². The Morgan fingerprint density at radius 3 is 1.07 bits per heavy atom. The molecule has 0 amide bonds. The standard InChI is InChI=1S/C64H43N3/c1-2-22-54(23-3-1)67-63-25-13-12-24-61(63)62-35-30-52(42-64(62)67)53-40-59(65(55-31-26-44-14-4-8-18-48(44)36-55)56-32-27-45-15-5-9-19-49(45)37-56)43-60(41-53)66(57-33-28-46-16-6-10-20-50(46)38-57)58-34-29-47-17-7-11-21-51(47)39-58/h1-43H. The van der Waals surface area contributed by atoms with Gasteiger partial charge in [0.15, 0.2) is 0 Å². The van der Waals surface area contributed by atoms with Crippen molar-refractivity contribution in [3.05, 3.63) is 261 Å². The van der Waals surface area contributed by atoms with Gasteiger partial charge in [-0.05, 0) is 145 Å². The molecule has 0 atom stereocenters. The molecule has 0 N–H and O–H groups in total. The van der Waals surface area contributed by atoms with Gasteiger partial charge in [0.1, 0.15) is 0 Å². The molecule has 0 radical (unpaired) electrons. The number of aromatic nitrogens is 1. The number of rotatable bonds is 8. The molecule has 0 spiro atoms. The number of anilines is 6. The van der Waals surface area contributed by atoms with Crippen LogP contribution in [0, 0.1) is 0 Å². The molecule has 0 aliphatic heterocycles. The van der Waals surface area contributed by atoms with Crippen molar-refractivity contribution >= 4 is 99.0 Å². The minimum Gasteiger partial charge on any atom is -0.310 e. The van der Waals surface area contributed by atoms with E-state index in [0.29, 0.717) is 0 Å². The van der Waals surface area contributed by atoms with Crippen LogP contribution in [0.4, 0.5) is 34.1 Å². The average Bonchev–Trinajstić information content (AvgIpc) is 3.72. The summed E-state index contributed by atoms with van der Waals surface area (Å²) in [6.07, 6.45) is 0. The Balaban J connectivity index is 1.11.